The molecule has 2 amide bonds. The number of carbonyl (C=O) groups excluding carboxylic acids is 1. The average molecular weight is 449 g/mol. The van der Waals surface area contributed by atoms with Gasteiger partial charge in [0.15, 0.2) is 0 Å². The van der Waals surface area contributed by atoms with E-state index < -0.39 is 12.1 Å². The Hall–Kier alpha value is -2.29. The van der Waals surface area contributed by atoms with E-state index in [1.54, 1.807) is 24.3 Å². The van der Waals surface area contributed by atoms with Crippen LogP contribution in [0.3, 0.4) is 0 Å². The zero-order valence-corrected chi connectivity index (χ0v) is 17.1. The molecular weight excluding hydrogens is 424 g/mol. The van der Waals surface area contributed by atoms with E-state index in [-0.39, 0.29) is 6.61 Å². The zero-order chi connectivity index (χ0) is 19.9. The Labute approximate surface area is 173 Å². The molecule has 0 unspecified atom stereocenters. The molecule has 1 aliphatic rings. The number of primary amides is 1. The highest BCUT2D eigenvalue weighted by Crippen LogP contribution is 2.20. The number of nitrogens with two attached hydrogens (primary N) is 1. The van der Waals surface area contributed by atoms with Gasteiger partial charge in [0.05, 0.1) is 0 Å². The molecule has 1 saturated heterocycles. The number of halogens is 1. The van der Waals surface area contributed by atoms with Gasteiger partial charge in [-0.15, -0.1) is 0 Å². The minimum absolute atomic E-state index is 0.218. The van der Waals surface area contributed by atoms with Crippen molar-refractivity contribution in [2.75, 3.05) is 49.5 Å². The minimum atomic E-state index is -0.607. The van der Waals surface area contributed by atoms with Crippen LogP contribution in [0.15, 0.2) is 53.0 Å². The van der Waals surface area contributed by atoms with Gasteiger partial charge < -0.3 is 25.8 Å². The Morgan fingerprint density at radius 3 is 2.36 bits per heavy atom. The lowest BCUT2D eigenvalue weighted by atomic mass is 10.2. The number of aliphatic hydroxyl groups is 1. The van der Waals surface area contributed by atoms with E-state index in [1.165, 1.54) is 5.69 Å². The second-order valence-corrected chi connectivity index (χ2v) is 7.66. The molecule has 0 aliphatic carbocycles. The summed E-state index contributed by atoms with van der Waals surface area (Å²) in [7, 11) is 0. The average Bonchev–Trinajstić information content (AvgIpc) is 2.68. The summed E-state index contributed by atoms with van der Waals surface area (Å²) >= 11 is 3.46. The number of rotatable bonds is 7. The molecule has 150 valence electrons. The number of ether oxygens (including phenoxy) is 1. The molecule has 7 nitrogen and oxygen atoms in total. The molecule has 2 aromatic rings. The Bertz CT molecular complexity index is 762. The van der Waals surface area contributed by atoms with Gasteiger partial charge in [-0.1, -0.05) is 15.9 Å². The molecule has 0 saturated carbocycles. The minimum Gasteiger partial charge on any atom is -0.491 e. The first-order chi connectivity index (χ1) is 13.5. The molecule has 1 fully saturated rings. The molecule has 1 heterocycles. The first kappa shape index (κ1) is 20.4. The lowest BCUT2D eigenvalue weighted by Crippen LogP contribution is -2.49. The van der Waals surface area contributed by atoms with Gasteiger partial charge in [-0.2, -0.15) is 0 Å². The van der Waals surface area contributed by atoms with Crippen LogP contribution in [0.5, 0.6) is 5.75 Å². The van der Waals surface area contributed by atoms with Crippen molar-refractivity contribution in [3.8, 4) is 5.75 Å². The number of urea groups is 1. The standard InChI is InChI=1S/C20H25BrN4O3/c21-15-1-5-17(6-2-15)25-11-9-24(10-12-25)13-18(26)14-28-19-7-3-16(4-8-19)23-20(22)27/h1-8,18,26H,9-14H2,(H3,22,23,27)/t18-/m0/s1. The number of hydrogen-bond acceptors (Lipinski definition) is 5. The lowest BCUT2D eigenvalue weighted by Gasteiger charge is -2.36. The molecule has 3 rings (SSSR count). The van der Waals surface area contributed by atoms with Crippen LogP contribution in [0.2, 0.25) is 0 Å². The molecule has 0 radical (unpaired) electrons. The van der Waals surface area contributed by atoms with E-state index >= 15 is 0 Å². The fourth-order valence-corrected chi connectivity index (χ4v) is 3.42. The van der Waals surface area contributed by atoms with Crippen molar-refractivity contribution in [3.05, 3.63) is 53.0 Å². The van der Waals surface area contributed by atoms with Crippen LogP contribution in [0, 0.1) is 0 Å². The highest BCUT2D eigenvalue weighted by molar-refractivity contribution is 9.10. The molecule has 8 heteroatoms. The van der Waals surface area contributed by atoms with Gasteiger partial charge >= 0.3 is 6.03 Å². The maximum Gasteiger partial charge on any atom is 0.316 e. The number of hydrogen-bond donors (Lipinski definition) is 3. The SMILES string of the molecule is NC(=O)Nc1ccc(OC[C@@H](O)CN2CCN(c3ccc(Br)cc3)CC2)cc1. The van der Waals surface area contributed by atoms with E-state index in [9.17, 15) is 9.90 Å². The third-order valence-electron chi connectivity index (χ3n) is 4.60. The van der Waals surface area contributed by atoms with Gasteiger partial charge in [0.25, 0.3) is 0 Å². The second kappa shape index (κ2) is 9.77. The number of nitrogens with zero attached hydrogens (tertiary/aromatic N) is 2. The smallest absolute Gasteiger partial charge is 0.316 e. The van der Waals surface area contributed by atoms with Gasteiger partial charge in [0.1, 0.15) is 18.5 Å². The van der Waals surface area contributed by atoms with Crippen molar-refractivity contribution < 1.29 is 14.6 Å². The number of piperazine rings is 1. The van der Waals surface area contributed by atoms with Gasteiger partial charge in [0.2, 0.25) is 0 Å². The molecule has 0 bridgehead atoms. The van der Waals surface area contributed by atoms with Crippen LogP contribution in [0.4, 0.5) is 16.2 Å². The first-order valence-electron chi connectivity index (χ1n) is 9.20. The molecule has 2 aromatic carbocycles. The van der Waals surface area contributed by atoms with E-state index in [4.69, 9.17) is 10.5 Å². The van der Waals surface area contributed by atoms with Crippen LogP contribution in [-0.2, 0) is 0 Å². The Balaban J connectivity index is 1.39. The van der Waals surface area contributed by atoms with E-state index in [2.05, 4.69) is 55.3 Å². The van der Waals surface area contributed by atoms with Crippen LogP contribution >= 0.6 is 15.9 Å². The highest BCUT2D eigenvalue weighted by Gasteiger charge is 2.19. The Morgan fingerprint density at radius 2 is 1.75 bits per heavy atom. The second-order valence-electron chi connectivity index (χ2n) is 6.74. The molecule has 0 spiro atoms. The van der Waals surface area contributed by atoms with Crippen molar-refractivity contribution in [2.24, 2.45) is 5.73 Å². The normalized spacial score (nSPS) is 15.9. The van der Waals surface area contributed by atoms with Gasteiger partial charge in [0, 0.05) is 48.6 Å². The van der Waals surface area contributed by atoms with Crippen molar-refractivity contribution in [2.45, 2.75) is 6.10 Å². The molecule has 28 heavy (non-hydrogen) atoms. The molecule has 1 atom stereocenters. The fourth-order valence-electron chi connectivity index (χ4n) is 3.16. The zero-order valence-electron chi connectivity index (χ0n) is 15.6. The largest absolute Gasteiger partial charge is 0.491 e. The summed E-state index contributed by atoms with van der Waals surface area (Å²) in [6.07, 6.45) is -0.567. The molecule has 1 aliphatic heterocycles. The number of amides is 2. The predicted molar refractivity (Wildman–Crippen MR) is 114 cm³/mol. The molecule has 0 aromatic heterocycles. The third-order valence-corrected chi connectivity index (χ3v) is 5.13. The van der Waals surface area contributed by atoms with Crippen molar-refractivity contribution >= 4 is 33.3 Å². The first-order valence-corrected chi connectivity index (χ1v) is 9.99. The number of benzene rings is 2. The Morgan fingerprint density at radius 1 is 1.11 bits per heavy atom. The quantitative estimate of drug-likeness (QED) is 0.605. The lowest BCUT2D eigenvalue weighted by molar-refractivity contribution is 0.0663. The summed E-state index contributed by atoms with van der Waals surface area (Å²) in [5.74, 6) is 0.633. The van der Waals surface area contributed by atoms with Gasteiger partial charge in [-0.25, -0.2) is 4.79 Å². The van der Waals surface area contributed by atoms with Crippen molar-refractivity contribution in [1.82, 2.24) is 4.90 Å². The monoisotopic (exact) mass is 448 g/mol. The number of anilines is 2. The summed E-state index contributed by atoms with van der Waals surface area (Å²) in [5, 5.41) is 12.8. The third kappa shape index (κ3) is 6.12. The maximum absolute atomic E-state index is 10.8. The number of aliphatic hydroxyl groups excluding tert-OH is 1. The Kier molecular flexibility index (Phi) is 7.13. The summed E-state index contributed by atoms with van der Waals surface area (Å²) in [6, 6.07) is 14.6. The van der Waals surface area contributed by atoms with E-state index in [0.717, 1.165) is 30.7 Å². The van der Waals surface area contributed by atoms with Crippen molar-refractivity contribution in [3.63, 3.8) is 0 Å². The summed E-state index contributed by atoms with van der Waals surface area (Å²) in [6.45, 7) is 4.47. The molecular formula is C20H25BrN4O3. The predicted octanol–water partition coefficient (Wildman–Crippen LogP) is 2.50. The fraction of sp³-hybridized carbons (Fsp3) is 0.350. The summed E-state index contributed by atoms with van der Waals surface area (Å²) in [4.78, 5) is 15.4. The van der Waals surface area contributed by atoms with E-state index in [0.29, 0.717) is 18.0 Å². The highest BCUT2D eigenvalue weighted by atomic mass is 79.9. The van der Waals surface area contributed by atoms with Crippen LogP contribution < -0.4 is 20.7 Å². The number of nitrogens with one attached hydrogen (secondary N) is 1. The summed E-state index contributed by atoms with van der Waals surface area (Å²) in [5.41, 5.74) is 6.90. The number of β-amino-alcohol motifs (C(OH)–C–C–N with tert-alkyl or cyclic N) is 1. The van der Waals surface area contributed by atoms with Crippen LogP contribution in [-0.4, -0.2) is 61.5 Å². The van der Waals surface area contributed by atoms with Crippen molar-refractivity contribution in [1.29, 1.82) is 0 Å². The summed E-state index contributed by atoms with van der Waals surface area (Å²) < 4.78 is 6.72. The topological polar surface area (TPSA) is 91.1 Å². The number of carbonyl (C=O) groups is 1. The maximum atomic E-state index is 10.8. The van der Waals surface area contributed by atoms with E-state index in [1.807, 2.05) is 0 Å². The molecule has 4 N–H and O–H groups in total. The van der Waals surface area contributed by atoms with Crippen LogP contribution in [0.25, 0.3) is 0 Å². The van der Waals surface area contributed by atoms with Crippen LogP contribution in [0.1, 0.15) is 0 Å². The van der Waals surface area contributed by atoms with Gasteiger partial charge in [-0.05, 0) is 48.5 Å². The van der Waals surface area contributed by atoms with Gasteiger partial charge in [-0.3, -0.25) is 4.90 Å².